The maximum Gasteiger partial charge on any atom is 0.0493 e. The van der Waals surface area contributed by atoms with Gasteiger partial charge in [0.05, 0.1) is 0 Å². The molecule has 1 aromatic rings. The summed E-state index contributed by atoms with van der Waals surface area (Å²) in [5, 5.41) is 3.53. The summed E-state index contributed by atoms with van der Waals surface area (Å²) in [7, 11) is 0. The van der Waals surface area contributed by atoms with Crippen molar-refractivity contribution < 1.29 is 0 Å². The second-order valence-corrected chi connectivity index (χ2v) is 5.23. The smallest absolute Gasteiger partial charge is 0.0493 e. The van der Waals surface area contributed by atoms with Gasteiger partial charge in [-0.2, -0.15) is 0 Å². The molecule has 0 unspecified atom stereocenters. The van der Waals surface area contributed by atoms with Gasteiger partial charge in [-0.05, 0) is 60.3 Å². The molecule has 0 aliphatic heterocycles. The molecule has 2 nitrogen and oxygen atoms in total. The lowest BCUT2D eigenvalue weighted by Crippen LogP contribution is -2.16. The predicted molar refractivity (Wildman–Crippen MR) is 64.6 cm³/mol. The molecule has 0 radical (unpaired) electrons. The van der Waals surface area contributed by atoms with E-state index in [2.05, 4.69) is 34.2 Å². The molecule has 3 N–H and O–H groups in total. The third-order valence-corrected chi connectivity index (χ3v) is 3.45. The lowest BCUT2D eigenvalue weighted by Gasteiger charge is -2.16. The Bertz CT molecular complexity index is 370. The van der Waals surface area contributed by atoms with E-state index in [1.54, 1.807) is 0 Å². The summed E-state index contributed by atoms with van der Waals surface area (Å²) in [5.74, 6) is 0. The molecule has 1 aromatic carbocycles. The quantitative estimate of drug-likeness (QED) is 0.795. The van der Waals surface area contributed by atoms with Gasteiger partial charge in [0.2, 0.25) is 0 Å². The Balaban J connectivity index is 2.29. The molecule has 0 spiro atoms. The van der Waals surface area contributed by atoms with E-state index in [1.807, 2.05) is 13.0 Å². The summed E-state index contributed by atoms with van der Waals surface area (Å²) in [5.41, 5.74) is 9.23. The maximum absolute atomic E-state index is 5.81. The van der Waals surface area contributed by atoms with Gasteiger partial charge in [0.1, 0.15) is 0 Å². The fraction of sp³-hybridized carbons (Fsp3) is 0.455. The van der Waals surface area contributed by atoms with Crippen LogP contribution in [-0.2, 0) is 0 Å². The minimum absolute atomic E-state index is 0.311. The zero-order valence-electron chi connectivity index (χ0n) is 8.52. The van der Waals surface area contributed by atoms with E-state index < -0.39 is 0 Å². The van der Waals surface area contributed by atoms with Crippen LogP contribution in [0.4, 0.5) is 11.4 Å². The highest BCUT2D eigenvalue weighted by Gasteiger charge is 2.37. The van der Waals surface area contributed by atoms with Crippen molar-refractivity contribution in [1.82, 2.24) is 0 Å². The summed E-state index contributed by atoms with van der Waals surface area (Å²) < 4.78 is 1.05. The molecule has 0 atom stereocenters. The molecule has 0 amide bonds. The molecule has 1 aliphatic rings. The van der Waals surface area contributed by atoms with Crippen LogP contribution < -0.4 is 11.1 Å². The van der Waals surface area contributed by atoms with E-state index >= 15 is 0 Å². The lowest BCUT2D eigenvalue weighted by atomic mass is 10.1. The van der Waals surface area contributed by atoms with Crippen LogP contribution in [0, 0.1) is 6.92 Å². The SMILES string of the molecule is Cc1cc(NC2(C)CC2)c(Br)cc1N. The van der Waals surface area contributed by atoms with Gasteiger partial charge in [0, 0.05) is 21.4 Å². The number of hydrogen-bond acceptors (Lipinski definition) is 2. The molecule has 1 aliphatic carbocycles. The Morgan fingerprint density at radius 1 is 1.43 bits per heavy atom. The molecule has 3 heteroatoms. The summed E-state index contributed by atoms with van der Waals surface area (Å²) in [6.07, 6.45) is 2.51. The minimum Gasteiger partial charge on any atom is -0.398 e. The van der Waals surface area contributed by atoms with Gasteiger partial charge >= 0.3 is 0 Å². The van der Waals surface area contributed by atoms with Crippen molar-refractivity contribution in [2.45, 2.75) is 32.2 Å². The van der Waals surface area contributed by atoms with Crippen LogP contribution in [0.5, 0.6) is 0 Å². The first-order valence-corrected chi connectivity index (χ1v) is 5.63. The van der Waals surface area contributed by atoms with Gasteiger partial charge in [-0.3, -0.25) is 0 Å². The van der Waals surface area contributed by atoms with Crippen LogP contribution in [0.2, 0.25) is 0 Å². The molecule has 1 saturated carbocycles. The number of nitrogens with two attached hydrogens (primary N) is 1. The summed E-state index contributed by atoms with van der Waals surface area (Å²) in [6, 6.07) is 4.06. The van der Waals surface area contributed by atoms with Crippen molar-refractivity contribution in [3.8, 4) is 0 Å². The summed E-state index contributed by atoms with van der Waals surface area (Å²) in [4.78, 5) is 0. The van der Waals surface area contributed by atoms with Gasteiger partial charge in [-0.25, -0.2) is 0 Å². The Morgan fingerprint density at radius 2 is 2.07 bits per heavy atom. The monoisotopic (exact) mass is 254 g/mol. The Hall–Kier alpha value is -0.700. The fourth-order valence-corrected chi connectivity index (χ4v) is 1.89. The predicted octanol–water partition coefficient (Wildman–Crippen LogP) is 3.30. The molecule has 0 aromatic heterocycles. The van der Waals surface area contributed by atoms with E-state index in [0.717, 1.165) is 21.4 Å². The average Bonchev–Trinajstić information content (AvgIpc) is 2.80. The van der Waals surface area contributed by atoms with E-state index in [0.29, 0.717) is 5.54 Å². The fourth-order valence-electron chi connectivity index (χ4n) is 1.43. The Morgan fingerprint density at radius 3 is 2.64 bits per heavy atom. The van der Waals surface area contributed by atoms with Crippen molar-refractivity contribution in [2.24, 2.45) is 0 Å². The third kappa shape index (κ3) is 1.87. The number of aryl methyl sites for hydroxylation is 1. The zero-order chi connectivity index (χ0) is 10.3. The maximum atomic E-state index is 5.81. The van der Waals surface area contributed by atoms with Gasteiger partial charge < -0.3 is 11.1 Å². The molecular weight excluding hydrogens is 240 g/mol. The summed E-state index contributed by atoms with van der Waals surface area (Å²) in [6.45, 7) is 4.27. The highest BCUT2D eigenvalue weighted by molar-refractivity contribution is 9.10. The zero-order valence-corrected chi connectivity index (χ0v) is 10.1. The third-order valence-electron chi connectivity index (χ3n) is 2.79. The summed E-state index contributed by atoms with van der Waals surface area (Å²) >= 11 is 3.52. The van der Waals surface area contributed by atoms with Gasteiger partial charge in [-0.15, -0.1) is 0 Å². The highest BCUT2D eigenvalue weighted by Crippen LogP contribution is 2.40. The second-order valence-electron chi connectivity index (χ2n) is 4.37. The van der Waals surface area contributed by atoms with Crippen LogP contribution >= 0.6 is 15.9 Å². The molecule has 2 rings (SSSR count). The van der Waals surface area contributed by atoms with Crippen LogP contribution in [0.3, 0.4) is 0 Å². The lowest BCUT2D eigenvalue weighted by molar-refractivity contribution is 0.828. The molecule has 0 bridgehead atoms. The number of nitrogen functional groups attached to an aromatic ring is 1. The Kier molecular flexibility index (Phi) is 2.22. The number of anilines is 2. The van der Waals surface area contributed by atoms with Crippen LogP contribution in [0.15, 0.2) is 16.6 Å². The molecule has 1 fully saturated rings. The van der Waals surface area contributed by atoms with Crippen LogP contribution in [-0.4, -0.2) is 5.54 Å². The average molecular weight is 255 g/mol. The highest BCUT2D eigenvalue weighted by atomic mass is 79.9. The number of hydrogen-bond donors (Lipinski definition) is 2. The minimum atomic E-state index is 0.311. The molecule has 0 saturated heterocycles. The standard InChI is InChI=1S/C11H15BrN2/c1-7-5-10(8(12)6-9(7)13)14-11(2)3-4-11/h5-6,14H,3-4,13H2,1-2H3. The van der Waals surface area contributed by atoms with Gasteiger partial charge in [0.15, 0.2) is 0 Å². The van der Waals surface area contributed by atoms with Crippen molar-refractivity contribution >= 4 is 27.3 Å². The molecule has 76 valence electrons. The van der Waals surface area contributed by atoms with Crippen LogP contribution in [0.25, 0.3) is 0 Å². The van der Waals surface area contributed by atoms with E-state index in [-0.39, 0.29) is 0 Å². The first kappa shape index (κ1) is 9.84. The van der Waals surface area contributed by atoms with Crippen molar-refractivity contribution in [2.75, 3.05) is 11.1 Å². The van der Waals surface area contributed by atoms with E-state index in [1.165, 1.54) is 12.8 Å². The number of benzene rings is 1. The van der Waals surface area contributed by atoms with Crippen LogP contribution in [0.1, 0.15) is 25.3 Å². The van der Waals surface area contributed by atoms with Crippen molar-refractivity contribution in [3.63, 3.8) is 0 Å². The topological polar surface area (TPSA) is 38.0 Å². The largest absolute Gasteiger partial charge is 0.398 e. The molecule has 14 heavy (non-hydrogen) atoms. The van der Waals surface area contributed by atoms with E-state index in [4.69, 9.17) is 5.73 Å². The first-order chi connectivity index (χ1) is 6.50. The number of halogens is 1. The number of nitrogens with one attached hydrogen (secondary N) is 1. The number of rotatable bonds is 2. The van der Waals surface area contributed by atoms with Crippen molar-refractivity contribution in [3.05, 3.63) is 22.2 Å². The van der Waals surface area contributed by atoms with Crippen molar-refractivity contribution in [1.29, 1.82) is 0 Å². The Labute approximate surface area is 93.0 Å². The van der Waals surface area contributed by atoms with E-state index in [9.17, 15) is 0 Å². The first-order valence-electron chi connectivity index (χ1n) is 4.84. The van der Waals surface area contributed by atoms with Gasteiger partial charge in [0.25, 0.3) is 0 Å². The molecular formula is C11H15BrN2. The second kappa shape index (κ2) is 3.16. The normalized spacial score (nSPS) is 17.9. The van der Waals surface area contributed by atoms with Gasteiger partial charge in [-0.1, -0.05) is 0 Å². The molecule has 0 heterocycles.